The zero-order valence-electron chi connectivity index (χ0n) is 33.2. The number of ether oxygens (including phenoxy) is 4. The highest BCUT2D eigenvalue weighted by molar-refractivity contribution is 5.66. The van der Waals surface area contributed by atoms with E-state index < -0.39 is 17.5 Å². The van der Waals surface area contributed by atoms with Crippen molar-refractivity contribution in [3.05, 3.63) is 120 Å². The number of benzene rings is 2. The molecule has 0 bridgehead atoms. The summed E-state index contributed by atoms with van der Waals surface area (Å²) in [4.78, 5) is 8.11. The highest BCUT2D eigenvalue weighted by atomic mass is 16.7. The van der Waals surface area contributed by atoms with E-state index in [0.29, 0.717) is 36.1 Å². The Morgan fingerprint density at radius 3 is 1.65 bits per heavy atom. The molecule has 14 nitrogen and oxygen atoms in total. The molecule has 0 saturated carbocycles. The maximum absolute atomic E-state index is 11.6. The Morgan fingerprint density at radius 2 is 1.14 bits per heavy atom. The molecule has 0 spiro atoms. The van der Waals surface area contributed by atoms with Crippen LogP contribution in [0.15, 0.2) is 97.6 Å². The van der Waals surface area contributed by atoms with Gasteiger partial charge in [0.25, 0.3) is 0 Å². The van der Waals surface area contributed by atoms with E-state index in [9.17, 15) is 5.11 Å². The van der Waals surface area contributed by atoms with E-state index in [-0.39, 0.29) is 30.1 Å². The topological polar surface area (TPSA) is 193 Å². The number of nitriles is 1. The van der Waals surface area contributed by atoms with E-state index in [0.717, 1.165) is 41.6 Å². The largest absolute Gasteiger partial charge is 0.382 e. The van der Waals surface area contributed by atoms with E-state index in [1.807, 2.05) is 79.0 Å². The molecule has 6 aromatic rings. The lowest BCUT2D eigenvalue weighted by Gasteiger charge is -2.34. The number of anilines is 2. The number of nitrogens with two attached hydrogens (primary N) is 2. The van der Waals surface area contributed by atoms with Crippen molar-refractivity contribution >= 4 is 22.7 Å². The van der Waals surface area contributed by atoms with Gasteiger partial charge in [-0.3, -0.25) is 0 Å². The first kappa shape index (κ1) is 41.2. The van der Waals surface area contributed by atoms with Crippen molar-refractivity contribution in [2.45, 2.75) is 103 Å². The van der Waals surface area contributed by atoms with Gasteiger partial charge >= 0.3 is 0 Å². The summed E-state index contributed by atoms with van der Waals surface area (Å²) in [6, 6.07) is 27.7. The molecular weight excluding hydrogens is 723 g/mol. The van der Waals surface area contributed by atoms with Crippen molar-refractivity contribution in [3.63, 3.8) is 0 Å². The summed E-state index contributed by atoms with van der Waals surface area (Å²) in [5.41, 5.74) is 16.5. The van der Waals surface area contributed by atoms with E-state index in [2.05, 4.69) is 59.6 Å². The average molecular weight is 776 g/mol. The van der Waals surface area contributed by atoms with Crippen molar-refractivity contribution < 1.29 is 24.1 Å². The molecule has 2 aliphatic heterocycles. The van der Waals surface area contributed by atoms with Gasteiger partial charge in [0, 0.05) is 18.4 Å². The van der Waals surface area contributed by atoms with Gasteiger partial charge in [0.2, 0.25) is 5.79 Å². The van der Waals surface area contributed by atoms with Crippen molar-refractivity contribution in [2.75, 3.05) is 11.5 Å². The Balaban J connectivity index is 0.000000185. The SMILES string of the molecule is C#N.CC[C@H]1OC(O)(c2ccc3c(N)ncnn23)[C@H](OCc2ccccc2)[C@@H]1C.CC[C@H]1O[C@@](CC)(c2ccc3c(N)ncnn23)[C@H](OCc2ccccc2)[C@@H]1C. The van der Waals surface area contributed by atoms with Crippen LogP contribution in [0.1, 0.15) is 76.4 Å². The first-order valence-electron chi connectivity index (χ1n) is 19.5. The molecule has 8 atom stereocenters. The fraction of sp³-hybridized carbons (Fsp3) is 0.419. The maximum Gasteiger partial charge on any atom is 0.237 e. The number of nitrogen functional groups attached to an aromatic ring is 2. The van der Waals surface area contributed by atoms with Crippen LogP contribution in [0.4, 0.5) is 11.6 Å². The monoisotopic (exact) mass is 775 g/mol. The Labute approximate surface area is 333 Å². The summed E-state index contributed by atoms with van der Waals surface area (Å²) >= 11 is 0. The van der Waals surface area contributed by atoms with Gasteiger partial charge in [-0.05, 0) is 54.7 Å². The van der Waals surface area contributed by atoms with Gasteiger partial charge in [-0.25, -0.2) is 24.3 Å². The van der Waals surface area contributed by atoms with Crippen LogP contribution in [0.3, 0.4) is 0 Å². The molecule has 5 N–H and O–H groups in total. The number of aromatic nitrogens is 6. The molecule has 2 aromatic carbocycles. The van der Waals surface area contributed by atoms with Gasteiger partial charge in [-0.1, -0.05) is 95.3 Å². The fourth-order valence-corrected chi connectivity index (χ4v) is 8.38. The zero-order valence-corrected chi connectivity index (χ0v) is 33.2. The second-order valence-electron chi connectivity index (χ2n) is 14.5. The molecule has 2 saturated heterocycles. The Kier molecular flexibility index (Phi) is 12.9. The number of rotatable bonds is 11. The van der Waals surface area contributed by atoms with Crippen LogP contribution in [-0.4, -0.2) is 58.7 Å². The molecule has 2 fully saturated rings. The van der Waals surface area contributed by atoms with E-state index in [1.54, 1.807) is 16.6 Å². The van der Waals surface area contributed by atoms with Crippen molar-refractivity contribution in [2.24, 2.45) is 11.8 Å². The average Bonchev–Trinajstić information content (AvgIpc) is 4.01. The number of hydrogen-bond donors (Lipinski definition) is 3. The first-order chi connectivity index (χ1) is 27.6. The second-order valence-corrected chi connectivity index (χ2v) is 14.5. The number of nitrogens with zero attached hydrogens (tertiary/aromatic N) is 7. The Hall–Kier alpha value is -5.43. The van der Waals surface area contributed by atoms with Gasteiger partial charge in [0.1, 0.15) is 41.1 Å². The van der Waals surface area contributed by atoms with Crippen LogP contribution < -0.4 is 11.5 Å². The molecule has 0 aliphatic carbocycles. The summed E-state index contributed by atoms with van der Waals surface area (Å²) < 4.78 is 29.0. The summed E-state index contributed by atoms with van der Waals surface area (Å²) in [7, 11) is 0. The molecule has 300 valence electrons. The highest BCUT2D eigenvalue weighted by Gasteiger charge is 2.56. The molecule has 6 heterocycles. The third kappa shape index (κ3) is 7.81. The molecule has 2 aliphatic rings. The molecule has 14 heteroatoms. The minimum atomic E-state index is -1.62. The fourth-order valence-electron chi connectivity index (χ4n) is 8.38. The summed E-state index contributed by atoms with van der Waals surface area (Å²) in [5.74, 6) is -0.541. The molecule has 0 radical (unpaired) electrons. The molecule has 1 unspecified atom stereocenters. The summed E-state index contributed by atoms with van der Waals surface area (Å²) in [6.07, 6.45) is 4.72. The van der Waals surface area contributed by atoms with Crippen molar-refractivity contribution in [1.82, 2.24) is 29.2 Å². The van der Waals surface area contributed by atoms with Gasteiger partial charge in [0.15, 0.2) is 11.6 Å². The Morgan fingerprint density at radius 1 is 0.684 bits per heavy atom. The summed E-state index contributed by atoms with van der Waals surface area (Å²) in [6.45, 7) is 15.1. The van der Waals surface area contributed by atoms with Gasteiger partial charge in [-0.15, -0.1) is 0 Å². The standard InChI is InChI=1S/C22H28N4O2.C20H24N4O3.CHN/c1-4-18-15(3)20(27-13-16-9-7-6-8-10-16)22(5-2,28-18)19-12-11-17-21(23)24-14-25-26(17)19;1-3-16-13(2)18(26-11-14-7-5-4-6-8-14)20(25,27-16)17-10-9-15-19(21)22-12-23-24(15)17;1-2/h6-12,14-15,18,20H,4-5,13H2,1-3H3,(H2,23,24,25);4-10,12-13,16,18,25H,3,11H2,1-2H3,(H2,21,22,23);1H/t15-,18-,20-,22+;13-,16-,18-,20?;/m11./s1. The maximum atomic E-state index is 11.6. The second kappa shape index (κ2) is 17.8. The number of aliphatic hydroxyl groups is 1. The predicted octanol–water partition coefficient (Wildman–Crippen LogP) is 6.57. The normalized spacial score (nSPS) is 26.8. The number of hydrogen-bond acceptors (Lipinski definition) is 12. The lowest BCUT2D eigenvalue weighted by Crippen LogP contribution is -2.41. The minimum absolute atomic E-state index is 0.00782. The lowest BCUT2D eigenvalue weighted by molar-refractivity contribution is -0.251. The van der Waals surface area contributed by atoms with Crippen LogP contribution in [0, 0.1) is 23.7 Å². The number of fused-ring (bicyclic) bond motifs is 2. The molecular formula is C43H53N9O5. The quantitative estimate of drug-likeness (QED) is 0.128. The third-order valence-electron chi connectivity index (χ3n) is 11.3. The van der Waals surface area contributed by atoms with Crippen LogP contribution in [-0.2, 0) is 43.5 Å². The lowest BCUT2D eigenvalue weighted by atomic mass is 9.84. The van der Waals surface area contributed by atoms with Crippen molar-refractivity contribution in [3.8, 4) is 6.57 Å². The molecule has 8 rings (SSSR count). The zero-order chi connectivity index (χ0) is 40.7. The van der Waals surface area contributed by atoms with E-state index in [4.69, 9.17) is 35.7 Å². The molecule has 57 heavy (non-hydrogen) atoms. The first-order valence-corrected chi connectivity index (χ1v) is 19.5. The van der Waals surface area contributed by atoms with Gasteiger partial charge < -0.3 is 35.5 Å². The minimum Gasteiger partial charge on any atom is -0.382 e. The van der Waals surface area contributed by atoms with Crippen molar-refractivity contribution in [1.29, 1.82) is 5.26 Å². The summed E-state index contributed by atoms with van der Waals surface area (Å²) in [5, 5.41) is 26.8. The Bertz CT molecular complexity index is 2230. The highest BCUT2D eigenvalue weighted by Crippen LogP contribution is 2.48. The molecule has 4 aromatic heterocycles. The molecule has 0 amide bonds. The predicted molar refractivity (Wildman–Crippen MR) is 216 cm³/mol. The van der Waals surface area contributed by atoms with Gasteiger partial charge in [-0.2, -0.15) is 10.2 Å². The van der Waals surface area contributed by atoms with E-state index >= 15 is 0 Å². The van der Waals surface area contributed by atoms with Crippen LogP contribution >= 0.6 is 0 Å². The third-order valence-corrected chi connectivity index (χ3v) is 11.3. The van der Waals surface area contributed by atoms with E-state index in [1.165, 1.54) is 12.7 Å². The van der Waals surface area contributed by atoms with Crippen LogP contribution in [0.5, 0.6) is 0 Å². The van der Waals surface area contributed by atoms with Gasteiger partial charge in [0.05, 0.1) is 37.2 Å². The smallest absolute Gasteiger partial charge is 0.237 e. The van der Waals surface area contributed by atoms with Crippen LogP contribution in [0.25, 0.3) is 11.0 Å². The van der Waals surface area contributed by atoms with Crippen LogP contribution in [0.2, 0.25) is 0 Å².